The van der Waals surface area contributed by atoms with Crippen LogP contribution in [-0.4, -0.2) is 29.3 Å². The Morgan fingerprint density at radius 1 is 1.25 bits per heavy atom. The summed E-state index contributed by atoms with van der Waals surface area (Å²) in [6.07, 6.45) is 2.51. The topological polar surface area (TPSA) is 66.4 Å². The fourth-order valence-corrected chi connectivity index (χ4v) is 2.90. The molecule has 1 amide bonds. The molecule has 0 fully saturated rings. The minimum Gasteiger partial charge on any atom is -0.481 e. The van der Waals surface area contributed by atoms with Crippen LogP contribution in [0.2, 0.25) is 0 Å². The maximum atomic E-state index is 11.6. The highest BCUT2D eigenvalue weighted by Gasteiger charge is 2.03. The van der Waals surface area contributed by atoms with Gasteiger partial charge in [0.2, 0.25) is 5.91 Å². The average Bonchev–Trinajstić information content (AvgIpc) is 2.40. The first kappa shape index (κ1) is 17.0. The van der Waals surface area contributed by atoms with Crippen molar-refractivity contribution in [1.29, 1.82) is 0 Å². The predicted molar refractivity (Wildman–Crippen MR) is 84.0 cm³/mol. The normalized spacial score (nSPS) is 10.2. The van der Waals surface area contributed by atoms with Gasteiger partial charge in [0, 0.05) is 22.3 Å². The number of rotatable bonds is 9. The molecule has 1 aromatic carbocycles. The summed E-state index contributed by atoms with van der Waals surface area (Å²) in [6.45, 7) is 0.609. The van der Waals surface area contributed by atoms with E-state index in [9.17, 15) is 9.59 Å². The number of benzene rings is 1. The number of carboxylic acids is 1. The molecule has 0 aliphatic carbocycles. The number of thioether (sulfide) groups is 1. The van der Waals surface area contributed by atoms with E-state index in [-0.39, 0.29) is 12.3 Å². The average molecular weight is 360 g/mol. The summed E-state index contributed by atoms with van der Waals surface area (Å²) in [5.74, 6) is -0.362. The zero-order valence-corrected chi connectivity index (χ0v) is 13.5. The van der Waals surface area contributed by atoms with Crippen LogP contribution in [0.25, 0.3) is 0 Å². The Kier molecular flexibility index (Phi) is 8.37. The van der Waals surface area contributed by atoms with E-state index in [2.05, 4.69) is 21.2 Å². The summed E-state index contributed by atoms with van der Waals surface area (Å²) in [6, 6.07) is 7.83. The lowest BCUT2D eigenvalue weighted by atomic mass is 10.2. The second kappa shape index (κ2) is 9.83. The largest absolute Gasteiger partial charge is 0.481 e. The molecule has 1 aromatic rings. The first-order valence-corrected chi connectivity index (χ1v) is 8.22. The van der Waals surface area contributed by atoms with Crippen LogP contribution < -0.4 is 5.32 Å². The third kappa shape index (κ3) is 8.22. The minimum atomic E-state index is -0.764. The summed E-state index contributed by atoms with van der Waals surface area (Å²) >= 11 is 4.88. The van der Waals surface area contributed by atoms with Crippen LogP contribution in [0.15, 0.2) is 33.6 Å². The number of hydrogen-bond donors (Lipinski definition) is 2. The fraction of sp³-hybridized carbons (Fsp3) is 0.429. The van der Waals surface area contributed by atoms with E-state index >= 15 is 0 Å². The maximum absolute atomic E-state index is 11.6. The lowest BCUT2D eigenvalue weighted by Gasteiger charge is -2.05. The Morgan fingerprint density at radius 2 is 2.05 bits per heavy atom. The quantitative estimate of drug-likeness (QED) is 0.524. The second-order valence-electron chi connectivity index (χ2n) is 4.30. The SMILES string of the molecule is O=C(O)CCCCCNC(=O)CSc1cccc(Br)c1. The third-order valence-electron chi connectivity index (χ3n) is 2.56. The number of hydrogen-bond acceptors (Lipinski definition) is 3. The van der Waals surface area contributed by atoms with Crippen molar-refractivity contribution < 1.29 is 14.7 Å². The van der Waals surface area contributed by atoms with Gasteiger partial charge in [-0.15, -0.1) is 11.8 Å². The van der Waals surface area contributed by atoms with Gasteiger partial charge in [-0.3, -0.25) is 9.59 Å². The summed E-state index contributed by atoms with van der Waals surface area (Å²) in [5, 5.41) is 11.3. The Labute approximate surface area is 131 Å². The number of unbranched alkanes of at least 4 members (excludes halogenated alkanes) is 2. The third-order valence-corrected chi connectivity index (χ3v) is 4.04. The van der Waals surface area contributed by atoms with Gasteiger partial charge in [-0.25, -0.2) is 0 Å². The smallest absolute Gasteiger partial charge is 0.303 e. The van der Waals surface area contributed by atoms with Crippen molar-refractivity contribution in [2.24, 2.45) is 0 Å². The fourth-order valence-electron chi connectivity index (χ4n) is 1.56. The van der Waals surface area contributed by atoms with Crippen LogP contribution in [0.5, 0.6) is 0 Å². The monoisotopic (exact) mass is 359 g/mol. The van der Waals surface area contributed by atoms with Crippen LogP contribution in [0.1, 0.15) is 25.7 Å². The van der Waals surface area contributed by atoms with Gasteiger partial charge in [-0.2, -0.15) is 0 Å². The molecule has 2 N–H and O–H groups in total. The Hall–Kier alpha value is -1.01. The minimum absolute atomic E-state index is 0.00760. The molecule has 0 aliphatic heterocycles. The van der Waals surface area contributed by atoms with Gasteiger partial charge in [-0.1, -0.05) is 28.4 Å². The van der Waals surface area contributed by atoms with Gasteiger partial charge in [0.25, 0.3) is 0 Å². The van der Waals surface area contributed by atoms with Gasteiger partial charge in [0.15, 0.2) is 0 Å². The molecule has 0 saturated carbocycles. The molecule has 1 rings (SSSR count). The molecule has 0 spiro atoms. The highest BCUT2D eigenvalue weighted by Crippen LogP contribution is 2.21. The molecule has 4 nitrogen and oxygen atoms in total. The molecule has 0 unspecified atom stereocenters. The van der Waals surface area contributed by atoms with Gasteiger partial charge >= 0.3 is 5.97 Å². The van der Waals surface area contributed by atoms with E-state index in [0.29, 0.717) is 18.7 Å². The first-order valence-electron chi connectivity index (χ1n) is 6.45. The molecule has 0 atom stereocenters. The molecular formula is C14H18BrNO3S. The van der Waals surface area contributed by atoms with E-state index in [1.165, 1.54) is 11.8 Å². The molecule has 110 valence electrons. The molecule has 0 heterocycles. The summed E-state index contributed by atoms with van der Waals surface area (Å²) in [5.41, 5.74) is 0. The number of aliphatic carboxylic acids is 1. The maximum Gasteiger partial charge on any atom is 0.303 e. The van der Waals surface area contributed by atoms with E-state index in [0.717, 1.165) is 22.2 Å². The molecule has 20 heavy (non-hydrogen) atoms. The van der Waals surface area contributed by atoms with Crippen LogP contribution in [0.3, 0.4) is 0 Å². The van der Waals surface area contributed by atoms with Crippen LogP contribution >= 0.6 is 27.7 Å². The zero-order valence-electron chi connectivity index (χ0n) is 11.1. The molecule has 0 bridgehead atoms. The Balaban J connectivity index is 2.07. The van der Waals surface area contributed by atoms with Crippen LogP contribution in [0, 0.1) is 0 Å². The molecule has 6 heteroatoms. The van der Waals surface area contributed by atoms with Gasteiger partial charge < -0.3 is 10.4 Å². The van der Waals surface area contributed by atoms with Crippen molar-refractivity contribution in [3.8, 4) is 0 Å². The number of carbonyl (C=O) groups excluding carboxylic acids is 1. The summed E-state index contributed by atoms with van der Waals surface area (Å²) in [4.78, 5) is 23.0. The van der Waals surface area contributed by atoms with E-state index in [4.69, 9.17) is 5.11 Å². The second-order valence-corrected chi connectivity index (χ2v) is 6.26. The van der Waals surface area contributed by atoms with E-state index in [1.54, 1.807) is 0 Å². The van der Waals surface area contributed by atoms with Crippen LogP contribution in [-0.2, 0) is 9.59 Å². The van der Waals surface area contributed by atoms with Gasteiger partial charge in [0.1, 0.15) is 0 Å². The lowest BCUT2D eigenvalue weighted by Crippen LogP contribution is -2.26. The van der Waals surface area contributed by atoms with Crippen molar-refractivity contribution in [3.05, 3.63) is 28.7 Å². The summed E-state index contributed by atoms with van der Waals surface area (Å²) < 4.78 is 1.00. The lowest BCUT2D eigenvalue weighted by molar-refractivity contribution is -0.137. The number of nitrogens with one attached hydrogen (secondary N) is 1. The number of carboxylic acid groups (broad SMARTS) is 1. The predicted octanol–water partition coefficient (Wildman–Crippen LogP) is 3.30. The Morgan fingerprint density at radius 3 is 2.75 bits per heavy atom. The number of amides is 1. The standard InChI is InChI=1S/C14H18BrNO3S/c15-11-5-4-6-12(9-11)20-10-13(17)16-8-3-1-2-7-14(18)19/h4-6,9H,1-3,7-8,10H2,(H,16,17)(H,18,19). The Bertz CT molecular complexity index is 454. The summed E-state index contributed by atoms with van der Waals surface area (Å²) in [7, 11) is 0. The highest BCUT2D eigenvalue weighted by molar-refractivity contribution is 9.10. The van der Waals surface area contributed by atoms with Crippen molar-refractivity contribution in [2.75, 3.05) is 12.3 Å². The van der Waals surface area contributed by atoms with Gasteiger partial charge in [0.05, 0.1) is 5.75 Å². The van der Waals surface area contributed by atoms with Crippen molar-refractivity contribution in [2.45, 2.75) is 30.6 Å². The molecule has 0 saturated heterocycles. The first-order chi connectivity index (χ1) is 9.58. The molecule has 0 radical (unpaired) electrons. The molecule has 0 aliphatic rings. The van der Waals surface area contributed by atoms with E-state index < -0.39 is 5.97 Å². The van der Waals surface area contributed by atoms with E-state index in [1.807, 2.05) is 24.3 Å². The molecule has 0 aromatic heterocycles. The molecular weight excluding hydrogens is 342 g/mol. The number of carbonyl (C=O) groups is 2. The highest BCUT2D eigenvalue weighted by atomic mass is 79.9. The number of halogens is 1. The zero-order chi connectivity index (χ0) is 14.8. The van der Waals surface area contributed by atoms with Crippen LogP contribution in [0.4, 0.5) is 0 Å². The van der Waals surface area contributed by atoms with Crippen molar-refractivity contribution in [1.82, 2.24) is 5.32 Å². The van der Waals surface area contributed by atoms with Crippen molar-refractivity contribution >= 4 is 39.6 Å². The van der Waals surface area contributed by atoms with Gasteiger partial charge in [-0.05, 0) is 31.0 Å². The van der Waals surface area contributed by atoms with Crippen molar-refractivity contribution in [3.63, 3.8) is 0 Å².